The quantitative estimate of drug-likeness (QED) is 0.725. The number of hydrogen-bond donors (Lipinski definition) is 1. The van der Waals surface area contributed by atoms with Gasteiger partial charge in [-0.1, -0.05) is 39.5 Å². The highest BCUT2D eigenvalue weighted by atomic mass is 15.1. The standard InChI is InChI=1S/C18H36N2/c1-5-14(6-2)18(20(3)4)13-19-17-9-7-8-16(12-17)15-10-11-15/h14-19H,5-13H2,1-4H3. The van der Waals surface area contributed by atoms with Crippen molar-refractivity contribution in [3.05, 3.63) is 0 Å². The van der Waals surface area contributed by atoms with Crippen molar-refractivity contribution >= 4 is 0 Å². The van der Waals surface area contributed by atoms with E-state index in [1.54, 1.807) is 0 Å². The number of likely N-dealkylation sites (N-methyl/N-ethyl adjacent to an activating group) is 1. The van der Waals surface area contributed by atoms with Crippen LogP contribution in [0.2, 0.25) is 0 Å². The molecule has 2 aliphatic carbocycles. The molecule has 118 valence electrons. The smallest absolute Gasteiger partial charge is 0.0242 e. The van der Waals surface area contributed by atoms with Crippen molar-refractivity contribution < 1.29 is 0 Å². The second kappa shape index (κ2) is 7.79. The molecule has 2 nitrogen and oxygen atoms in total. The van der Waals surface area contributed by atoms with Gasteiger partial charge in [0.15, 0.2) is 0 Å². The lowest BCUT2D eigenvalue weighted by molar-refractivity contribution is 0.176. The largest absolute Gasteiger partial charge is 0.312 e. The summed E-state index contributed by atoms with van der Waals surface area (Å²) in [5.41, 5.74) is 0. The molecule has 0 bridgehead atoms. The Hall–Kier alpha value is -0.0800. The second-order valence-electron chi connectivity index (χ2n) is 7.48. The van der Waals surface area contributed by atoms with Crippen LogP contribution in [-0.4, -0.2) is 37.6 Å². The van der Waals surface area contributed by atoms with Crippen LogP contribution >= 0.6 is 0 Å². The molecule has 20 heavy (non-hydrogen) atoms. The fourth-order valence-corrected chi connectivity index (χ4v) is 4.30. The van der Waals surface area contributed by atoms with E-state index in [0.29, 0.717) is 6.04 Å². The van der Waals surface area contributed by atoms with Crippen molar-refractivity contribution in [1.29, 1.82) is 0 Å². The Morgan fingerprint density at radius 1 is 1.00 bits per heavy atom. The van der Waals surface area contributed by atoms with Gasteiger partial charge in [0.05, 0.1) is 0 Å². The SMILES string of the molecule is CCC(CC)C(CNC1CCCC(C2CC2)C1)N(C)C. The minimum atomic E-state index is 0.700. The molecule has 0 spiro atoms. The summed E-state index contributed by atoms with van der Waals surface area (Å²) < 4.78 is 0. The first-order valence-corrected chi connectivity index (χ1v) is 9.05. The van der Waals surface area contributed by atoms with Gasteiger partial charge >= 0.3 is 0 Å². The summed E-state index contributed by atoms with van der Waals surface area (Å²) in [5.74, 6) is 2.98. The molecule has 2 saturated carbocycles. The average Bonchev–Trinajstić information content (AvgIpc) is 3.28. The van der Waals surface area contributed by atoms with E-state index in [9.17, 15) is 0 Å². The molecule has 0 aromatic heterocycles. The summed E-state index contributed by atoms with van der Waals surface area (Å²) in [4.78, 5) is 2.44. The van der Waals surface area contributed by atoms with Crippen LogP contribution in [0.25, 0.3) is 0 Å². The molecule has 0 heterocycles. The van der Waals surface area contributed by atoms with Crippen LogP contribution in [0, 0.1) is 17.8 Å². The predicted molar refractivity (Wildman–Crippen MR) is 88.0 cm³/mol. The van der Waals surface area contributed by atoms with Crippen molar-refractivity contribution in [3.63, 3.8) is 0 Å². The van der Waals surface area contributed by atoms with Gasteiger partial charge in [-0.3, -0.25) is 0 Å². The van der Waals surface area contributed by atoms with Gasteiger partial charge in [0, 0.05) is 18.6 Å². The first-order chi connectivity index (χ1) is 9.65. The van der Waals surface area contributed by atoms with E-state index in [4.69, 9.17) is 0 Å². The van der Waals surface area contributed by atoms with Crippen LogP contribution in [0.3, 0.4) is 0 Å². The monoisotopic (exact) mass is 280 g/mol. The maximum Gasteiger partial charge on any atom is 0.0242 e. The average molecular weight is 280 g/mol. The van der Waals surface area contributed by atoms with Crippen molar-refractivity contribution in [1.82, 2.24) is 10.2 Å². The number of nitrogens with one attached hydrogen (secondary N) is 1. The highest BCUT2D eigenvalue weighted by molar-refractivity contribution is 4.89. The maximum atomic E-state index is 3.92. The topological polar surface area (TPSA) is 15.3 Å². The van der Waals surface area contributed by atoms with Crippen LogP contribution in [0.15, 0.2) is 0 Å². The lowest BCUT2D eigenvalue weighted by Gasteiger charge is -2.35. The molecule has 3 atom stereocenters. The van der Waals surface area contributed by atoms with E-state index in [2.05, 4.69) is 38.2 Å². The van der Waals surface area contributed by atoms with E-state index < -0.39 is 0 Å². The Bertz CT molecular complexity index is 269. The third-order valence-electron chi connectivity index (χ3n) is 5.88. The van der Waals surface area contributed by atoms with Gasteiger partial charge in [-0.25, -0.2) is 0 Å². The number of hydrogen-bond acceptors (Lipinski definition) is 2. The molecular formula is C18H36N2. The fraction of sp³-hybridized carbons (Fsp3) is 1.00. The van der Waals surface area contributed by atoms with Crippen molar-refractivity contribution in [3.8, 4) is 0 Å². The molecule has 1 N–H and O–H groups in total. The molecule has 0 aliphatic heterocycles. The van der Waals surface area contributed by atoms with Gasteiger partial charge in [0.2, 0.25) is 0 Å². The summed E-state index contributed by atoms with van der Waals surface area (Å²) in [6.07, 6.45) is 11.5. The van der Waals surface area contributed by atoms with Crippen LogP contribution in [-0.2, 0) is 0 Å². The third-order valence-corrected chi connectivity index (χ3v) is 5.88. The molecule has 0 aromatic carbocycles. The van der Waals surface area contributed by atoms with E-state index in [1.807, 2.05) is 0 Å². The van der Waals surface area contributed by atoms with E-state index in [1.165, 1.54) is 57.9 Å². The summed E-state index contributed by atoms with van der Waals surface area (Å²) >= 11 is 0. The number of nitrogens with zero attached hydrogens (tertiary/aromatic N) is 1. The van der Waals surface area contributed by atoms with Gasteiger partial charge in [-0.15, -0.1) is 0 Å². The molecule has 2 aliphatic rings. The lowest BCUT2D eigenvalue weighted by Crippen LogP contribution is -2.47. The molecule has 0 saturated heterocycles. The highest BCUT2D eigenvalue weighted by Crippen LogP contribution is 2.43. The predicted octanol–water partition coefficient (Wildman–Crippen LogP) is 3.91. The van der Waals surface area contributed by atoms with Gasteiger partial charge in [0.1, 0.15) is 0 Å². The molecule has 0 radical (unpaired) electrons. The molecule has 2 fully saturated rings. The summed E-state index contributed by atoms with van der Waals surface area (Å²) in [6, 6.07) is 1.50. The molecule has 0 amide bonds. The lowest BCUT2D eigenvalue weighted by atomic mass is 9.82. The zero-order valence-electron chi connectivity index (χ0n) is 14.2. The van der Waals surface area contributed by atoms with Crippen LogP contribution in [0.5, 0.6) is 0 Å². The summed E-state index contributed by atoms with van der Waals surface area (Å²) in [5, 5.41) is 3.92. The van der Waals surface area contributed by atoms with Crippen LogP contribution in [0.1, 0.15) is 65.2 Å². The Balaban J connectivity index is 1.78. The Morgan fingerprint density at radius 3 is 2.25 bits per heavy atom. The van der Waals surface area contributed by atoms with Crippen molar-refractivity contribution in [2.75, 3.05) is 20.6 Å². The summed E-state index contributed by atoms with van der Waals surface area (Å²) in [7, 11) is 4.50. The first kappa shape index (κ1) is 16.3. The zero-order chi connectivity index (χ0) is 14.5. The normalized spacial score (nSPS) is 29.1. The fourth-order valence-electron chi connectivity index (χ4n) is 4.30. The second-order valence-corrected chi connectivity index (χ2v) is 7.48. The minimum absolute atomic E-state index is 0.700. The zero-order valence-corrected chi connectivity index (χ0v) is 14.2. The highest BCUT2D eigenvalue weighted by Gasteiger charge is 2.34. The first-order valence-electron chi connectivity index (χ1n) is 9.05. The third kappa shape index (κ3) is 4.46. The molecule has 0 aromatic rings. The molecule has 2 rings (SSSR count). The van der Waals surface area contributed by atoms with E-state index in [0.717, 1.165) is 23.8 Å². The Kier molecular flexibility index (Phi) is 6.35. The number of rotatable bonds is 8. The van der Waals surface area contributed by atoms with Gasteiger partial charge in [0.25, 0.3) is 0 Å². The van der Waals surface area contributed by atoms with Gasteiger partial charge in [-0.2, -0.15) is 0 Å². The molecular weight excluding hydrogens is 244 g/mol. The Labute approximate surface area is 126 Å². The summed E-state index contributed by atoms with van der Waals surface area (Å²) in [6.45, 7) is 5.87. The molecule has 2 heteroatoms. The van der Waals surface area contributed by atoms with Crippen molar-refractivity contribution in [2.24, 2.45) is 17.8 Å². The van der Waals surface area contributed by atoms with Gasteiger partial charge < -0.3 is 10.2 Å². The van der Waals surface area contributed by atoms with Crippen molar-refractivity contribution in [2.45, 2.75) is 77.3 Å². The van der Waals surface area contributed by atoms with Gasteiger partial charge in [-0.05, 0) is 57.5 Å². The maximum absolute atomic E-state index is 3.92. The van der Waals surface area contributed by atoms with E-state index in [-0.39, 0.29) is 0 Å². The van der Waals surface area contributed by atoms with E-state index >= 15 is 0 Å². The molecule has 3 unspecified atom stereocenters. The van der Waals surface area contributed by atoms with Crippen LogP contribution in [0.4, 0.5) is 0 Å². The Morgan fingerprint density at radius 2 is 1.70 bits per heavy atom. The minimum Gasteiger partial charge on any atom is -0.312 e. The van der Waals surface area contributed by atoms with Crippen LogP contribution < -0.4 is 5.32 Å².